The van der Waals surface area contributed by atoms with Crippen molar-refractivity contribution in [2.75, 3.05) is 0 Å². The van der Waals surface area contributed by atoms with Crippen LogP contribution in [0.5, 0.6) is 0 Å². The molecule has 0 N–H and O–H groups in total. The Labute approximate surface area is 179 Å². The first kappa shape index (κ1) is 27.4. The molecule has 0 fully saturated rings. The lowest BCUT2D eigenvalue weighted by Crippen LogP contribution is -2.67. The van der Waals surface area contributed by atoms with Gasteiger partial charge in [0.05, 0.1) is 6.54 Å². The molecule has 0 saturated heterocycles. The molecule has 0 amide bonds. The van der Waals surface area contributed by atoms with Crippen molar-refractivity contribution in [1.29, 1.82) is 0 Å². The highest BCUT2D eigenvalue weighted by atomic mass is 32.1. The quantitative estimate of drug-likeness (QED) is 0.242. The van der Waals surface area contributed by atoms with Crippen LogP contribution in [-0.2, 0) is 13.1 Å². The van der Waals surface area contributed by atoms with Crippen molar-refractivity contribution < 1.29 is 48.3 Å². The third-order valence-corrected chi connectivity index (χ3v) is 5.29. The Morgan fingerprint density at radius 3 is 1.37 bits per heavy atom. The van der Waals surface area contributed by atoms with Crippen molar-refractivity contribution in [3.63, 3.8) is 0 Å². The lowest BCUT2D eigenvalue weighted by molar-refractivity contribution is -0.423. The van der Waals surface area contributed by atoms with Crippen molar-refractivity contribution in [3.8, 4) is 0 Å². The first-order chi connectivity index (χ1) is 12.9. The van der Waals surface area contributed by atoms with Crippen LogP contribution in [-0.4, -0.2) is 39.0 Å². The second-order valence-corrected chi connectivity index (χ2v) is 8.80. The van der Waals surface area contributed by atoms with Gasteiger partial charge in [-0.2, -0.15) is 48.3 Å². The molecule has 1 rings (SSSR count). The predicted octanol–water partition coefficient (Wildman–Crippen LogP) is 6.75. The third kappa shape index (κ3) is 4.45. The van der Waals surface area contributed by atoms with Gasteiger partial charge in [0.25, 0.3) is 0 Å². The molecule has 16 heteroatoms. The van der Waals surface area contributed by atoms with E-state index in [1.807, 2.05) is 0 Å². The van der Waals surface area contributed by atoms with E-state index in [1.54, 1.807) is 20.8 Å². The van der Waals surface area contributed by atoms with E-state index in [-0.39, 0.29) is 16.1 Å². The first-order valence-electron chi connectivity index (χ1n) is 7.71. The van der Waals surface area contributed by atoms with Crippen molar-refractivity contribution in [2.24, 2.45) is 5.41 Å². The number of nitrogens with zero attached hydrogens (tertiary/aromatic N) is 2. The Kier molecular flexibility index (Phi) is 7.07. The van der Waals surface area contributed by atoms with E-state index in [4.69, 9.17) is 12.2 Å². The molecule has 176 valence electrons. The summed E-state index contributed by atoms with van der Waals surface area (Å²) < 4.78 is 145. The Morgan fingerprint density at radius 1 is 0.667 bits per heavy atom. The molecular weight excluding hydrogens is 501 g/mol. The molecule has 30 heavy (non-hydrogen) atoms. The molecule has 0 bridgehead atoms. The molecular formula is C14H15F11N2S3. The molecule has 0 aliphatic carbocycles. The zero-order chi connectivity index (χ0) is 24.3. The van der Waals surface area contributed by atoms with E-state index in [0.29, 0.717) is 0 Å². The summed E-state index contributed by atoms with van der Waals surface area (Å²) in [5.41, 5.74) is -0.559. The lowest BCUT2D eigenvalue weighted by atomic mass is 9.97. The number of aromatic nitrogens is 2. The summed E-state index contributed by atoms with van der Waals surface area (Å²) >= 11 is 12.5. The second kappa shape index (κ2) is 7.74. The molecule has 0 aliphatic heterocycles. The second-order valence-electron chi connectivity index (χ2n) is 7.59. The van der Waals surface area contributed by atoms with E-state index in [2.05, 4.69) is 25.3 Å². The van der Waals surface area contributed by atoms with Gasteiger partial charge in [0.15, 0.2) is 4.77 Å². The van der Waals surface area contributed by atoms with Crippen LogP contribution in [0, 0.1) is 10.2 Å². The normalized spacial score (nSPS) is 15.1. The van der Waals surface area contributed by atoms with Gasteiger partial charge in [-0.15, -0.1) is 25.3 Å². The molecule has 0 spiro atoms. The standard InChI is InChI=1S/C14H15F11N2S3/c1-9(2,3)4-26-6(28)7(29)27(8(26)30)5-10(15,16)11(17,18)12(19,20)13(21,22)14(23,24)25/h28-29H,4-5H2,1-3H3. The van der Waals surface area contributed by atoms with Crippen molar-refractivity contribution >= 4 is 37.5 Å². The largest absolute Gasteiger partial charge is 0.460 e. The van der Waals surface area contributed by atoms with Gasteiger partial charge in [0, 0.05) is 6.54 Å². The monoisotopic (exact) mass is 516 g/mol. The molecule has 0 aromatic carbocycles. The molecule has 0 atom stereocenters. The summed E-state index contributed by atoms with van der Waals surface area (Å²) in [4.78, 5) is 0. The molecule has 1 heterocycles. The zero-order valence-electron chi connectivity index (χ0n) is 15.3. The van der Waals surface area contributed by atoms with Crippen LogP contribution in [0.2, 0.25) is 0 Å². The molecule has 1 aromatic heterocycles. The Balaban J connectivity index is 3.51. The van der Waals surface area contributed by atoms with Gasteiger partial charge >= 0.3 is 29.9 Å². The van der Waals surface area contributed by atoms with Gasteiger partial charge in [0.2, 0.25) is 0 Å². The molecule has 0 unspecified atom stereocenters. The fourth-order valence-corrected chi connectivity index (χ4v) is 3.25. The average Bonchev–Trinajstić information content (AvgIpc) is 2.69. The number of thiol groups is 2. The van der Waals surface area contributed by atoms with Crippen LogP contribution in [0.4, 0.5) is 48.3 Å². The Bertz CT molecular complexity index is 847. The molecule has 0 radical (unpaired) electrons. The molecule has 2 nitrogen and oxygen atoms in total. The van der Waals surface area contributed by atoms with Crippen LogP contribution in [0.1, 0.15) is 20.8 Å². The lowest BCUT2D eigenvalue weighted by Gasteiger charge is -2.37. The number of rotatable bonds is 6. The summed E-state index contributed by atoms with van der Waals surface area (Å²) in [5, 5.41) is -0.835. The summed E-state index contributed by atoms with van der Waals surface area (Å²) in [6.07, 6.45) is -7.21. The highest BCUT2D eigenvalue weighted by Crippen LogP contribution is 2.57. The van der Waals surface area contributed by atoms with Crippen LogP contribution in [0.25, 0.3) is 0 Å². The highest BCUT2D eigenvalue weighted by Gasteiger charge is 2.87. The minimum Gasteiger partial charge on any atom is -0.311 e. The van der Waals surface area contributed by atoms with Gasteiger partial charge in [-0.1, -0.05) is 20.8 Å². The van der Waals surface area contributed by atoms with Crippen LogP contribution >= 0.6 is 37.5 Å². The maximum absolute atomic E-state index is 14.1. The van der Waals surface area contributed by atoms with Crippen molar-refractivity contribution in [1.82, 2.24) is 9.13 Å². The van der Waals surface area contributed by atoms with Crippen molar-refractivity contribution in [2.45, 2.75) is 73.8 Å². The predicted molar refractivity (Wildman–Crippen MR) is 93.1 cm³/mol. The summed E-state index contributed by atoms with van der Waals surface area (Å²) in [6.45, 7) is 2.53. The van der Waals surface area contributed by atoms with E-state index >= 15 is 0 Å². The number of halogens is 11. The topological polar surface area (TPSA) is 9.86 Å². The number of imidazole rings is 1. The fourth-order valence-electron chi connectivity index (χ4n) is 2.23. The molecule has 0 saturated carbocycles. The fraction of sp³-hybridized carbons (Fsp3) is 0.786. The van der Waals surface area contributed by atoms with Gasteiger partial charge in [-0.3, -0.25) is 0 Å². The Morgan fingerprint density at radius 2 is 1.03 bits per heavy atom. The number of hydrogen-bond donors (Lipinski definition) is 2. The smallest absolute Gasteiger partial charge is 0.311 e. The van der Waals surface area contributed by atoms with Crippen LogP contribution < -0.4 is 0 Å². The minimum absolute atomic E-state index is 0.0184. The number of alkyl halides is 11. The van der Waals surface area contributed by atoms with Gasteiger partial charge < -0.3 is 9.13 Å². The summed E-state index contributed by atoms with van der Waals surface area (Å²) in [6, 6.07) is 0. The van der Waals surface area contributed by atoms with E-state index in [1.165, 1.54) is 0 Å². The zero-order valence-corrected chi connectivity index (χ0v) is 17.9. The summed E-state index contributed by atoms with van der Waals surface area (Å²) in [7, 11) is 0. The first-order valence-corrected chi connectivity index (χ1v) is 9.02. The number of hydrogen-bond acceptors (Lipinski definition) is 3. The molecule has 1 aromatic rings. The minimum atomic E-state index is -7.47. The van der Waals surface area contributed by atoms with E-state index in [9.17, 15) is 48.3 Å². The maximum atomic E-state index is 14.1. The molecule has 0 aliphatic rings. The van der Waals surface area contributed by atoms with E-state index in [0.717, 1.165) is 4.57 Å². The highest BCUT2D eigenvalue weighted by molar-refractivity contribution is 7.83. The van der Waals surface area contributed by atoms with Crippen LogP contribution in [0.15, 0.2) is 10.1 Å². The Hall–Kier alpha value is -0.640. The summed E-state index contributed by atoms with van der Waals surface area (Å²) in [5.74, 6) is -28.1. The van der Waals surface area contributed by atoms with Gasteiger partial charge in [0.1, 0.15) is 10.1 Å². The van der Waals surface area contributed by atoms with Gasteiger partial charge in [-0.05, 0) is 17.6 Å². The van der Waals surface area contributed by atoms with E-state index < -0.39 is 51.6 Å². The SMILES string of the molecule is CC(C)(C)Cn1c(S)c(S)n(CC(F)(F)C(F)(F)C(F)(F)C(F)(F)C(F)(F)F)c1=S. The van der Waals surface area contributed by atoms with Crippen molar-refractivity contribution in [3.05, 3.63) is 4.77 Å². The van der Waals surface area contributed by atoms with Gasteiger partial charge in [-0.25, -0.2) is 0 Å². The third-order valence-electron chi connectivity index (χ3n) is 3.77. The average molecular weight is 516 g/mol. The van der Waals surface area contributed by atoms with Crippen LogP contribution in [0.3, 0.4) is 0 Å². The maximum Gasteiger partial charge on any atom is 0.460 e.